The number of nitrogens with zero attached hydrogens (tertiary/aromatic N) is 2. The fourth-order valence-corrected chi connectivity index (χ4v) is 2.11. The minimum absolute atomic E-state index is 0.639. The van der Waals surface area contributed by atoms with Gasteiger partial charge in [0, 0.05) is 37.6 Å². The standard InChI is InChI=1S/C15H22N4O2/c1-20-14-9-12(16)13(10-15(14)21-2)18-5-3-4-7-19-8-6-17-11-19/h6,8-11,18H,3-5,7,16H2,1-2H3. The number of benzene rings is 1. The second kappa shape index (κ2) is 7.42. The highest BCUT2D eigenvalue weighted by atomic mass is 16.5. The molecule has 0 aliphatic heterocycles. The summed E-state index contributed by atoms with van der Waals surface area (Å²) in [6.07, 6.45) is 7.73. The normalized spacial score (nSPS) is 10.4. The summed E-state index contributed by atoms with van der Waals surface area (Å²) in [6, 6.07) is 3.64. The molecule has 0 saturated heterocycles. The Hall–Kier alpha value is -2.37. The van der Waals surface area contributed by atoms with Crippen LogP contribution in [0.1, 0.15) is 12.8 Å². The van der Waals surface area contributed by atoms with Crippen LogP contribution in [0.2, 0.25) is 0 Å². The highest BCUT2D eigenvalue weighted by Crippen LogP contribution is 2.34. The number of hydrogen-bond donors (Lipinski definition) is 2. The number of aryl methyl sites for hydroxylation is 1. The average Bonchev–Trinajstić information content (AvgIpc) is 3.01. The largest absolute Gasteiger partial charge is 0.493 e. The Morgan fingerprint density at radius 1 is 1.19 bits per heavy atom. The van der Waals surface area contributed by atoms with E-state index in [2.05, 4.69) is 14.9 Å². The lowest BCUT2D eigenvalue weighted by atomic mass is 10.2. The van der Waals surface area contributed by atoms with E-state index in [1.165, 1.54) is 0 Å². The minimum atomic E-state index is 0.639. The molecule has 1 aromatic carbocycles. The van der Waals surface area contributed by atoms with E-state index in [1.54, 1.807) is 26.5 Å². The van der Waals surface area contributed by atoms with Crippen LogP contribution in [-0.4, -0.2) is 30.3 Å². The highest BCUT2D eigenvalue weighted by molar-refractivity contribution is 5.71. The number of unbranched alkanes of at least 4 members (excludes halogenated alkanes) is 1. The summed E-state index contributed by atoms with van der Waals surface area (Å²) >= 11 is 0. The Balaban J connectivity index is 1.82. The fourth-order valence-electron chi connectivity index (χ4n) is 2.11. The number of rotatable bonds is 8. The van der Waals surface area contributed by atoms with Crippen molar-refractivity contribution >= 4 is 11.4 Å². The first-order chi connectivity index (χ1) is 10.2. The van der Waals surface area contributed by atoms with Gasteiger partial charge in [0.2, 0.25) is 0 Å². The average molecular weight is 290 g/mol. The van der Waals surface area contributed by atoms with Crippen LogP contribution in [0, 0.1) is 0 Å². The van der Waals surface area contributed by atoms with Crippen LogP contribution in [0.5, 0.6) is 11.5 Å². The third kappa shape index (κ3) is 4.05. The van der Waals surface area contributed by atoms with E-state index in [1.807, 2.05) is 18.6 Å². The molecule has 1 heterocycles. The van der Waals surface area contributed by atoms with Crippen LogP contribution in [0.4, 0.5) is 11.4 Å². The first-order valence-electron chi connectivity index (χ1n) is 6.95. The zero-order valence-corrected chi connectivity index (χ0v) is 12.5. The molecule has 0 radical (unpaired) electrons. The van der Waals surface area contributed by atoms with Crippen molar-refractivity contribution in [1.82, 2.24) is 9.55 Å². The van der Waals surface area contributed by atoms with Gasteiger partial charge in [-0.1, -0.05) is 0 Å². The molecule has 6 nitrogen and oxygen atoms in total. The Kier molecular flexibility index (Phi) is 5.31. The van der Waals surface area contributed by atoms with E-state index < -0.39 is 0 Å². The van der Waals surface area contributed by atoms with E-state index in [0.717, 1.165) is 31.6 Å². The van der Waals surface area contributed by atoms with E-state index in [9.17, 15) is 0 Å². The Labute approximate surface area is 124 Å². The molecule has 0 atom stereocenters. The molecule has 0 saturated carbocycles. The Morgan fingerprint density at radius 2 is 1.95 bits per heavy atom. The van der Waals surface area contributed by atoms with Crippen molar-refractivity contribution in [3.8, 4) is 11.5 Å². The zero-order chi connectivity index (χ0) is 15.1. The van der Waals surface area contributed by atoms with Crippen LogP contribution in [-0.2, 0) is 6.54 Å². The fraction of sp³-hybridized carbons (Fsp3) is 0.400. The number of nitrogens with one attached hydrogen (secondary N) is 1. The van der Waals surface area contributed by atoms with Crippen molar-refractivity contribution in [2.45, 2.75) is 19.4 Å². The molecule has 114 valence electrons. The van der Waals surface area contributed by atoms with Crippen LogP contribution in [0.15, 0.2) is 30.9 Å². The van der Waals surface area contributed by atoms with Crippen molar-refractivity contribution in [2.24, 2.45) is 0 Å². The summed E-state index contributed by atoms with van der Waals surface area (Å²) in [5.74, 6) is 1.31. The van der Waals surface area contributed by atoms with Crippen molar-refractivity contribution in [2.75, 3.05) is 31.8 Å². The molecule has 0 aliphatic rings. The lowest BCUT2D eigenvalue weighted by Gasteiger charge is -2.14. The van der Waals surface area contributed by atoms with E-state index in [0.29, 0.717) is 17.2 Å². The van der Waals surface area contributed by atoms with Gasteiger partial charge in [-0.25, -0.2) is 4.98 Å². The maximum absolute atomic E-state index is 6.00. The van der Waals surface area contributed by atoms with Gasteiger partial charge in [-0.3, -0.25) is 0 Å². The van der Waals surface area contributed by atoms with Gasteiger partial charge in [0.1, 0.15) is 0 Å². The third-order valence-electron chi connectivity index (χ3n) is 3.27. The van der Waals surface area contributed by atoms with E-state index in [-0.39, 0.29) is 0 Å². The predicted octanol–water partition coefficient (Wildman–Crippen LogP) is 2.37. The molecular formula is C15H22N4O2. The molecule has 2 aromatic rings. The summed E-state index contributed by atoms with van der Waals surface area (Å²) in [4.78, 5) is 4.02. The summed E-state index contributed by atoms with van der Waals surface area (Å²) in [5.41, 5.74) is 7.53. The van der Waals surface area contributed by atoms with Crippen molar-refractivity contribution in [3.05, 3.63) is 30.9 Å². The Morgan fingerprint density at radius 3 is 2.62 bits per heavy atom. The summed E-state index contributed by atoms with van der Waals surface area (Å²) in [6.45, 7) is 1.83. The molecule has 1 aromatic heterocycles. The highest BCUT2D eigenvalue weighted by Gasteiger charge is 2.08. The predicted molar refractivity (Wildman–Crippen MR) is 83.9 cm³/mol. The van der Waals surface area contributed by atoms with Crippen molar-refractivity contribution < 1.29 is 9.47 Å². The molecule has 0 unspecified atom stereocenters. The van der Waals surface area contributed by atoms with E-state index in [4.69, 9.17) is 15.2 Å². The number of ether oxygens (including phenoxy) is 2. The molecule has 2 rings (SSSR count). The Bertz CT molecular complexity index is 555. The lowest BCUT2D eigenvalue weighted by Crippen LogP contribution is -2.06. The summed E-state index contributed by atoms with van der Waals surface area (Å²) < 4.78 is 12.6. The maximum atomic E-state index is 6.00. The van der Waals surface area contributed by atoms with Gasteiger partial charge in [-0.2, -0.15) is 0 Å². The van der Waals surface area contributed by atoms with Crippen LogP contribution >= 0.6 is 0 Å². The lowest BCUT2D eigenvalue weighted by molar-refractivity contribution is 0.355. The number of imidazole rings is 1. The van der Waals surface area contributed by atoms with Crippen molar-refractivity contribution in [3.63, 3.8) is 0 Å². The maximum Gasteiger partial charge on any atom is 0.162 e. The number of nitrogens with two attached hydrogens (primary N) is 1. The van der Waals surface area contributed by atoms with Gasteiger partial charge in [-0.05, 0) is 12.8 Å². The molecule has 3 N–H and O–H groups in total. The third-order valence-corrected chi connectivity index (χ3v) is 3.27. The summed E-state index contributed by atoms with van der Waals surface area (Å²) in [7, 11) is 3.21. The van der Waals surface area contributed by atoms with Crippen LogP contribution in [0.3, 0.4) is 0 Å². The molecule has 0 fully saturated rings. The van der Waals surface area contributed by atoms with Crippen molar-refractivity contribution in [1.29, 1.82) is 0 Å². The quantitative estimate of drug-likeness (QED) is 0.577. The molecule has 6 heteroatoms. The number of aromatic nitrogens is 2. The smallest absolute Gasteiger partial charge is 0.162 e. The molecular weight excluding hydrogens is 268 g/mol. The number of methoxy groups -OCH3 is 2. The molecule has 0 amide bonds. The van der Waals surface area contributed by atoms with Gasteiger partial charge < -0.3 is 25.1 Å². The SMILES string of the molecule is COc1cc(N)c(NCCCCn2ccnc2)cc1OC. The monoisotopic (exact) mass is 290 g/mol. The van der Waals surface area contributed by atoms with Gasteiger partial charge >= 0.3 is 0 Å². The molecule has 0 aliphatic carbocycles. The number of hydrogen-bond acceptors (Lipinski definition) is 5. The first-order valence-corrected chi connectivity index (χ1v) is 6.95. The van der Waals surface area contributed by atoms with Gasteiger partial charge in [0.05, 0.1) is 31.9 Å². The number of nitrogen functional groups attached to an aromatic ring is 1. The van der Waals surface area contributed by atoms with Gasteiger partial charge in [-0.15, -0.1) is 0 Å². The van der Waals surface area contributed by atoms with E-state index >= 15 is 0 Å². The molecule has 0 spiro atoms. The number of anilines is 2. The topological polar surface area (TPSA) is 74.3 Å². The van der Waals surface area contributed by atoms with Crippen LogP contribution < -0.4 is 20.5 Å². The van der Waals surface area contributed by atoms with Gasteiger partial charge in [0.15, 0.2) is 11.5 Å². The van der Waals surface area contributed by atoms with Crippen LogP contribution in [0.25, 0.3) is 0 Å². The zero-order valence-electron chi connectivity index (χ0n) is 12.5. The first kappa shape index (κ1) is 15.0. The van der Waals surface area contributed by atoms with Gasteiger partial charge in [0.25, 0.3) is 0 Å². The minimum Gasteiger partial charge on any atom is -0.493 e. The second-order valence-corrected chi connectivity index (χ2v) is 4.73. The molecule has 21 heavy (non-hydrogen) atoms. The second-order valence-electron chi connectivity index (χ2n) is 4.73. The molecule has 0 bridgehead atoms. The summed E-state index contributed by atoms with van der Waals surface area (Å²) in [5, 5.41) is 3.33.